The normalized spacial score (nSPS) is 9.69. The summed E-state index contributed by atoms with van der Waals surface area (Å²) in [5.74, 6) is -0.921. The molecule has 1 rings (SSSR count). The summed E-state index contributed by atoms with van der Waals surface area (Å²) in [6.07, 6.45) is 1.41. The van der Waals surface area contributed by atoms with Gasteiger partial charge >= 0.3 is 0 Å². The van der Waals surface area contributed by atoms with E-state index in [9.17, 15) is 9.18 Å². The van der Waals surface area contributed by atoms with E-state index < -0.39 is 5.82 Å². The Morgan fingerprint density at radius 1 is 1.62 bits per heavy atom. The topological polar surface area (TPSA) is 43.1 Å². The number of carbonyl (C=O) groups excluding carboxylic acids is 1. The molecule has 0 fully saturated rings. The van der Waals surface area contributed by atoms with E-state index in [4.69, 9.17) is 5.73 Å². The lowest BCUT2D eigenvalue weighted by atomic mass is 10.0. The highest BCUT2D eigenvalue weighted by molar-refractivity contribution is 5.98. The summed E-state index contributed by atoms with van der Waals surface area (Å²) >= 11 is 0. The summed E-state index contributed by atoms with van der Waals surface area (Å²) in [4.78, 5) is 11.0. The second kappa shape index (κ2) is 3.39. The minimum atomic E-state index is -0.595. The first-order chi connectivity index (χ1) is 6.06. The molecule has 0 heterocycles. The number of nitrogen functional groups attached to an aromatic ring is 1. The van der Waals surface area contributed by atoms with Gasteiger partial charge in [-0.3, -0.25) is 4.79 Å². The summed E-state index contributed by atoms with van der Waals surface area (Å²) in [5, 5.41) is 0. The molecule has 0 saturated carbocycles. The maximum absolute atomic E-state index is 13.2. The number of nitrogens with two attached hydrogens (primary N) is 1. The van der Waals surface area contributed by atoms with Crippen LogP contribution in [0.15, 0.2) is 18.7 Å². The van der Waals surface area contributed by atoms with Crippen LogP contribution in [0.4, 0.5) is 10.1 Å². The predicted molar refractivity (Wildman–Crippen MR) is 50.9 cm³/mol. The summed E-state index contributed by atoms with van der Waals surface area (Å²) < 4.78 is 13.2. The molecule has 2 nitrogen and oxygen atoms in total. The van der Waals surface area contributed by atoms with Crippen LogP contribution >= 0.6 is 0 Å². The minimum Gasteiger partial charge on any atom is -0.399 e. The molecule has 68 valence electrons. The third kappa shape index (κ3) is 1.75. The Bertz CT molecular complexity index is 371. The van der Waals surface area contributed by atoms with Crippen LogP contribution in [-0.4, -0.2) is 5.78 Å². The molecule has 0 saturated heterocycles. The summed E-state index contributed by atoms with van der Waals surface area (Å²) in [7, 11) is 0. The SMILES string of the molecule is C=Cc1cc(N)cc(F)c1C(C)=O. The minimum absolute atomic E-state index is 0.0456. The van der Waals surface area contributed by atoms with Gasteiger partial charge in [-0.15, -0.1) is 0 Å². The number of halogens is 1. The molecule has 0 spiro atoms. The molecule has 0 amide bonds. The Balaban J connectivity index is 3.47. The highest BCUT2D eigenvalue weighted by Crippen LogP contribution is 2.19. The van der Waals surface area contributed by atoms with Gasteiger partial charge in [-0.1, -0.05) is 12.7 Å². The molecule has 1 aromatic carbocycles. The van der Waals surface area contributed by atoms with E-state index in [0.717, 1.165) is 6.07 Å². The molecular formula is C10H10FNO. The van der Waals surface area contributed by atoms with Gasteiger partial charge in [-0.25, -0.2) is 4.39 Å². The van der Waals surface area contributed by atoms with Gasteiger partial charge in [0, 0.05) is 5.69 Å². The quantitative estimate of drug-likeness (QED) is 0.559. The second-order valence-corrected chi connectivity index (χ2v) is 2.73. The average molecular weight is 179 g/mol. The molecule has 13 heavy (non-hydrogen) atoms. The highest BCUT2D eigenvalue weighted by atomic mass is 19.1. The van der Waals surface area contributed by atoms with Gasteiger partial charge in [0.05, 0.1) is 5.56 Å². The van der Waals surface area contributed by atoms with Crippen LogP contribution in [0.5, 0.6) is 0 Å². The van der Waals surface area contributed by atoms with Crippen LogP contribution in [0.3, 0.4) is 0 Å². The molecule has 2 N–H and O–H groups in total. The Morgan fingerprint density at radius 3 is 2.69 bits per heavy atom. The third-order valence-electron chi connectivity index (χ3n) is 1.72. The van der Waals surface area contributed by atoms with Crippen molar-refractivity contribution in [3.8, 4) is 0 Å². The summed E-state index contributed by atoms with van der Waals surface area (Å²) in [6.45, 7) is 4.79. The number of benzene rings is 1. The first-order valence-corrected chi connectivity index (χ1v) is 3.78. The zero-order chi connectivity index (χ0) is 10.0. The zero-order valence-corrected chi connectivity index (χ0v) is 7.30. The van der Waals surface area contributed by atoms with Crippen LogP contribution in [0.2, 0.25) is 0 Å². The van der Waals surface area contributed by atoms with E-state index in [2.05, 4.69) is 6.58 Å². The highest BCUT2D eigenvalue weighted by Gasteiger charge is 2.11. The summed E-state index contributed by atoms with van der Waals surface area (Å²) in [6, 6.07) is 2.65. The predicted octanol–water partition coefficient (Wildman–Crippen LogP) is 2.25. The van der Waals surface area contributed by atoms with Gasteiger partial charge < -0.3 is 5.73 Å². The zero-order valence-electron chi connectivity index (χ0n) is 7.30. The molecule has 0 aromatic heterocycles. The van der Waals surface area contributed by atoms with Gasteiger partial charge in [0.25, 0.3) is 0 Å². The Kier molecular flexibility index (Phi) is 2.46. The van der Waals surface area contributed by atoms with Crippen LogP contribution < -0.4 is 5.73 Å². The van der Waals surface area contributed by atoms with Crippen molar-refractivity contribution in [1.29, 1.82) is 0 Å². The van der Waals surface area contributed by atoms with Crippen LogP contribution in [0.1, 0.15) is 22.8 Å². The first kappa shape index (κ1) is 9.45. The molecule has 0 aliphatic rings. The number of ketones is 1. The van der Waals surface area contributed by atoms with Gasteiger partial charge in [-0.05, 0) is 24.6 Å². The van der Waals surface area contributed by atoms with Crippen molar-refractivity contribution >= 4 is 17.5 Å². The van der Waals surface area contributed by atoms with Crippen molar-refractivity contribution in [2.75, 3.05) is 5.73 Å². The van der Waals surface area contributed by atoms with E-state index in [-0.39, 0.29) is 17.0 Å². The van der Waals surface area contributed by atoms with E-state index in [1.165, 1.54) is 19.1 Å². The Morgan fingerprint density at radius 2 is 2.23 bits per heavy atom. The van der Waals surface area contributed by atoms with Crippen molar-refractivity contribution in [3.63, 3.8) is 0 Å². The lowest BCUT2D eigenvalue weighted by Gasteiger charge is -2.04. The maximum Gasteiger partial charge on any atom is 0.163 e. The van der Waals surface area contributed by atoms with E-state index in [1.54, 1.807) is 0 Å². The largest absolute Gasteiger partial charge is 0.399 e. The van der Waals surface area contributed by atoms with Crippen molar-refractivity contribution in [2.45, 2.75) is 6.92 Å². The third-order valence-corrected chi connectivity index (χ3v) is 1.72. The average Bonchev–Trinajstić information content (AvgIpc) is 2.01. The lowest BCUT2D eigenvalue weighted by Crippen LogP contribution is -2.02. The lowest BCUT2D eigenvalue weighted by molar-refractivity contribution is 0.101. The molecular weight excluding hydrogens is 169 g/mol. The number of Topliss-reactive ketones (excluding diaryl/α,β-unsaturated/α-hetero) is 1. The van der Waals surface area contributed by atoms with Crippen LogP contribution in [0.25, 0.3) is 6.08 Å². The van der Waals surface area contributed by atoms with Crippen molar-refractivity contribution < 1.29 is 9.18 Å². The van der Waals surface area contributed by atoms with E-state index in [1.807, 2.05) is 0 Å². The number of anilines is 1. The fraction of sp³-hybridized carbons (Fsp3) is 0.100. The molecule has 0 unspecified atom stereocenters. The molecule has 0 aliphatic carbocycles. The molecule has 0 aliphatic heterocycles. The fourth-order valence-corrected chi connectivity index (χ4v) is 1.18. The van der Waals surface area contributed by atoms with Gasteiger partial charge in [0.2, 0.25) is 0 Å². The molecule has 0 radical (unpaired) electrons. The second-order valence-electron chi connectivity index (χ2n) is 2.73. The molecule has 0 bridgehead atoms. The molecule has 3 heteroatoms. The fourth-order valence-electron chi connectivity index (χ4n) is 1.18. The first-order valence-electron chi connectivity index (χ1n) is 3.78. The maximum atomic E-state index is 13.2. The number of carbonyl (C=O) groups is 1. The number of rotatable bonds is 2. The molecule has 1 aromatic rings. The monoisotopic (exact) mass is 179 g/mol. The van der Waals surface area contributed by atoms with Crippen molar-refractivity contribution in [3.05, 3.63) is 35.7 Å². The van der Waals surface area contributed by atoms with Crippen molar-refractivity contribution in [1.82, 2.24) is 0 Å². The van der Waals surface area contributed by atoms with Gasteiger partial charge in [0.15, 0.2) is 5.78 Å². The van der Waals surface area contributed by atoms with Gasteiger partial charge in [0.1, 0.15) is 5.82 Å². The Labute approximate surface area is 75.9 Å². The van der Waals surface area contributed by atoms with Gasteiger partial charge in [-0.2, -0.15) is 0 Å². The van der Waals surface area contributed by atoms with Crippen LogP contribution in [0, 0.1) is 5.82 Å². The van der Waals surface area contributed by atoms with E-state index >= 15 is 0 Å². The number of hydrogen-bond acceptors (Lipinski definition) is 2. The van der Waals surface area contributed by atoms with Crippen LogP contribution in [-0.2, 0) is 0 Å². The standard InChI is InChI=1S/C10H10FNO/c1-3-7-4-8(12)5-9(11)10(7)6(2)13/h3-5H,1,12H2,2H3. The smallest absolute Gasteiger partial charge is 0.163 e. The summed E-state index contributed by atoms with van der Waals surface area (Å²) in [5.41, 5.74) is 6.17. The van der Waals surface area contributed by atoms with Crippen molar-refractivity contribution in [2.24, 2.45) is 0 Å². The van der Waals surface area contributed by atoms with E-state index in [0.29, 0.717) is 5.56 Å². The molecule has 0 atom stereocenters. The Hall–Kier alpha value is -1.64. The number of hydrogen-bond donors (Lipinski definition) is 1.